The van der Waals surface area contributed by atoms with E-state index in [-0.39, 0.29) is 22.1 Å². The van der Waals surface area contributed by atoms with Crippen LogP contribution in [0.5, 0.6) is 0 Å². The van der Waals surface area contributed by atoms with Gasteiger partial charge in [-0.1, -0.05) is 17.7 Å². The lowest BCUT2D eigenvalue weighted by Crippen LogP contribution is -2.36. The van der Waals surface area contributed by atoms with Crippen LogP contribution in [0.25, 0.3) is 5.82 Å². The number of hydrogen-bond donors (Lipinski definition) is 0. The van der Waals surface area contributed by atoms with Gasteiger partial charge >= 0.3 is 6.18 Å². The molecule has 172 valence electrons. The Morgan fingerprint density at radius 2 is 1.88 bits per heavy atom. The minimum absolute atomic E-state index is 0.0831. The number of benzene rings is 1. The largest absolute Gasteiger partial charge is 0.416 e. The van der Waals surface area contributed by atoms with Crippen molar-refractivity contribution in [1.82, 2.24) is 4.57 Å². The molecule has 2 aromatic heterocycles. The molecule has 0 fully saturated rings. The van der Waals surface area contributed by atoms with Crippen LogP contribution < -0.4 is 4.90 Å². The highest BCUT2D eigenvalue weighted by Gasteiger charge is 2.43. The number of ketones is 1. The fourth-order valence-corrected chi connectivity index (χ4v) is 5.68. The van der Waals surface area contributed by atoms with Crippen LogP contribution in [0.15, 0.2) is 77.1 Å². The number of aromatic nitrogens is 1. The summed E-state index contributed by atoms with van der Waals surface area (Å²) in [6.07, 6.45) is 0.222. The maximum atomic E-state index is 13.6. The molecule has 3 heterocycles. The fraction of sp³-hybridized carbons (Fsp3) is 0.200. The molecule has 2 aliphatic rings. The van der Waals surface area contributed by atoms with Crippen molar-refractivity contribution in [2.45, 2.75) is 31.4 Å². The summed E-state index contributed by atoms with van der Waals surface area (Å²) in [5.41, 5.74) is 0.538. The molecule has 0 N–H and O–H groups in total. The van der Waals surface area contributed by atoms with Gasteiger partial charge < -0.3 is 4.57 Å². The van der Waals surface area contributed by atoms with Crippen LogP contribution in [0.1, 0.15) is 35.6 Å². The number of nitrogens with zero attached hydrogens (tertiary/aromatic N) is 3. The number of allylic oxidation sites excluding steroid dienone is 3. The van der Waals surface area contributed by atoms with Gasteiger partial charge in [0.25, 0.3) is 0 Å². The smallest absolute Gasteiger partial charge is 0.309 e. The van der Waals surface area contributed by atoms with E-state index >= 15 is 0 Å². The summed E-state index contributed by atoms with van der Waals surface area (Å²) in [5, 5.41) is 12.3. The Balaban J connectivity index is 1.86. The number of Topliss-reactive ketones (excluding diaryl/α,β-unsaturated/α-hetero) is 1. The van der Waals surface area contributed by atoms with Crippen LogP contribution in [0.3, 0.4) is 0 Å². The van der Waals surface area contributed by atoms with E-state index in [1.54, 1.807) is 34.0 Å². The summed E-state index contributed by atoms with van der Waals surface area (Å²) in [5.74, 6) is -0.321. The third kappa shape index (κ3) is 3.65. The summed E-state index contributed by atoms with van der Waals surface area (Å²) in [4.78, 5) is 15.7. The molecule has 1 aliphatic carbocycles. The quantitative estimate of drug-likeness (QED) is 0.382. The number of hydrogen-bond acceptors (Lipinski definition) is 4. The number of rotatable bonds is 3. The number of nitriles is 1. The van der Waals surface area contributed by atoms with Crippen molar-refractivity contribution in [2.75, 3.05) is 4.90 Å². The van der Waals surface area contributed by atoms with Gasteiger partial charge in [-0.05, 0) is 54.6 Å². The van der Waals surface area contributed by atoms with Crippen molar-refractivity contribution in [3.8, 4) is 6.07 Å². The molecule has 1 aromatic carbocycles. The van der Waals surface area contributed by atoms with Gasteiger partial charge in [0.2, 0.25) is 0 Å². The topological polar surface area (TPSA) is 49.0 Å². The van der Waals surface area contributed by atoms with Crippen LogP contribution in [0.2, 0.25) is 5.02 Å². The van der Waals surface area contributed by atoms with E-state index in [0.717, 1.165) is 17.0 Å². The average Bonchev–Trinajstić information content (AvgIpc) is 3.52. The molecule has 3 aromatic rings. The number of carbonyl (C=O) groups excluding carboxylic acids is 1. The molecule has 1 atom stereocenters. The van der Waals surface area contributed by atoms with Crippen molar-refractivity contribution < 1.29 is 18.0 Å². The lowest BCUT2D eigenvalue weighted by Gasteiger charge is -2.41. The zero-order chi connectivity index (χ0) is 24.0. The first-order valence-corrected chi connectivity index (χ1v) is 11.8. The second-order valence-electron chi connectivity index (χ2n) is 8.02. The first-order chi connectivity index (χ1) is 16.3. The van der Waals surface area contributed by atoms with Crippen LogP contribution in [-0.4, -0.2) is 10.4 Å². The normalized spacial score (nSPS) is 18.9. The summed E-state index contributed by atoms with van der Waals surface area (Å²) in [6, 6.07) is 12.6. The Morgan fingerprint density at radius 3 is 2.53 bits per heavy atom. The molecule has 34 heavy (non-hydrogen) atoms. The molecular formula is C25H17ClF3N3OS. The molecule has 1 aliphatic heterocycles. The molecule has 4 nitrogen and oxygen atoms in total. The number of thiophene rings is 1. The molecular weight excluding hydrogens is 483 g/mol. The second-order valence-corrected chi connectivity index (χ2v) is 9.41. The van der Waals surface area contributed by atoms with Gasteiger partial charge in [0.05, 0.1) is 33.8 Å². The summed E-state index contributed by atoms with van der Waals surface area (Å²) in [7, 11) is 0. The monoisotopic (exact) mass is 499 g/mol. The van der Waals surface area contributed by atoms with Crippen molar-refractivity contribution in [1.29, 1.82) is 5.26 Å². The van der Waals surface area contributed by atoms with E-state index in [1.165, 1.54) is 17.4 Å². The number of anilines is 1. The van der Waals surface area contributed by atoms with E-state index < -0.39 is 17.7 Å². The zero-order valence-corrected chi connectivity index (χ0v) is 19.2. The third-order valence-electron chi connectivity index (χ3n) is 6.04. The average molecular weight is 500 g/mol. The summed E-state index contributed by atoms with van der Waals surface area (Å²) >= 11 is 7.91. The first kappa shape index (κ1) is 22.5. The molecule has 0 saturated carbocycles. The third-order valence-corrected chi connectivity index (χ3v) is 7.30. The molecule has 0 saturated heterocycles. The van der Waals surface area contributed by atoms with Gasteiger partial charge in [0, 0.05) is 35.0 Å². The standard InChI is InChI=1S/C25H17ClF3N3OS/c26-17-9-8-15(25(27,28)29)13-19(17)32-18-5-3-6-20(33)23(18)22(21-7-4-12-34-21)16(14-30)24(32)31-10-1-2-11-31/h1-2,4,7-13,22H,3,5-6H2. The Labute approximate surface area is 202 Å². The second kappa shape index (κ2) is 8.49. The SMILES string of the molecule is N#CC1=C(n2cccc2)N(c2cc(C(F)(F)F)ccc2Cl)C2=C(C(=O)CCC2)C1c1cccs1. The molecule has 9 heteroatoms. The molecule has 1 unspecified atom stereocenters. The van der Waals surface area contributed by atoms with Crippen molar-refractivity contribution in [3.05, 3.63) is 92.5 Å². The minimum atomic E-state index is -4.58. The van der Waals surface area contributed by atoms with E-state index in [0.29, 0.717) is 36.4 Å². The van der Waals surface area contributed by atoms with Crippen LogP contribution in [-0.2, 0) is 11.0 Å². The highest BCUT2D eigenvalue weighted by Crippen LogP contribution is 2.51. The van der Waals surface area contributed by atoms with E-state index in [4.69, 9.17) is 11.6 Å². The lowest BCUT2D eigenvalue weighted by molar-refractivity contribution is -0.137. The van der Waals surface area contributed by atoms with E-state index in [2.05, 4.69) is 6.07 Å². The predicted molar refractivity (Wildman–Crippen MR) is 125 cm³/mol. The molecule has 0 amide bonds. The summed E-state index contributed by atoms with van der Waals surface area (Å²) < 4.78 is 42.6. The van der Waals surface area contributed by atoms with Crippen molar-refractivity contribution in [3.63, 3.8) is 0 Å². The first-order valence-electron chi connectivity index (χ1n) is 10.6. The highest BCUT2D eigenvalue weighted by atomic mass is 35.5. The Bertz CT molecular complexity index is 1370. The van der Waals surface area contributed by atoms with E-state index in [1.807, 2.05) is 17.5 Å². The van der Waals surface area contributed by atoms with Gasteiger partial charge in [0.15, 0.2) is 5.78 Å². The summed E-state index contributed by atoms with van der Waals surface area (Å²) in [6.45, 7) is 0. The van der Waals surface area contributed by atoms with Crippen LogP contribution in [0.4, 0.5) is 18.9 Å². The lowest BCUT2D eigenvalue weighted by atomic mass is 9.78. The van der Waals surface area contributed by atoms with Gasteiger partial charge in [-0.3, -0.25) is 9.69 Å². The van der Waals surface area contributed by atoms with Gasteiger partial charge in [-0.2, -0.15) is 18.4 Å². The Morgan fingerprint density at radius 1 is 1.12 bits per heavy atom. The zero-order valence-electron chi connectivity index (χ0n) is 17.6. The molecule has 0 spiro atoms. The van der Waals surface area contributed by atoms with Crippen molar-refractivity contribution in [2.24, 2.45) is 0 Å². The Hall–Kier alpha value is -3.28. The van der Waals surface area contributed by atoms with Gasteiger partial charge in [-0.15, -0.1) is 11.3 Å². The molecule has 0 radical (unpaired) electrons. The van der Waals surface area contributed by atoms with Gasteiger partial charge in [-0.25, -0.2) is 0 Å². The highest BCUT2D eigenvalue weighted by molar-refractivity contribution is 7.10. The molecule has 5 rings (SSSR count). The molecule has 0 bridgehead atoms. The van der Waals surface area contributed by atoms with E-state index in [9.17, 15) is 23.2 Å². The number of carbonyl (C=O) groups is 1. The number of alkyl halides is 3. The van der Waals surface area contributed by atoms with Crippen LogP contribution >= 0.6 is 22.9 Å². The van der Waals surface area contributed by atoms with Crippen LogP contribution in [0, 0.1) is 11.3 Å². The predicted octanol–water partition coefficient (Wildman–Crippen LogP) is 7.23. The van der Waals surface area contributed by atoms with Gasteiger partial charge in [0.1, 0.15) is 5.82 Å². The Kier molecular flexibility index (Phi) is 5.62. The fourth-order valence-electron chi connectivity index (χ4n) is 4.63. The van der Waals surface area contributed by atoms with Crippen molar-refractivity contribution >= 4 is 40.2 Å². The number of halogens is 4. The minimum Gasteiger partial charge on any atom is -0.309 e. The maximum Gasteiger partial charge on any atom is 0.416 e. The maximum absolute atomic E-state index is 13.6.